The first kappa shape index (κ1) is 34.0. The third kappa shape index (κ3) is 4.97. The zero-order valence-electron chi connectivity index (χ0n) is 33.2. The minimum absolute atomic E-state index is 0.439. The van der Waals surface area contributed by atoms with Crippen LogP contribution in [0.2, 0.25) is 0 Å². The van der Waals surface area contributed by atoms with Crippen LogP contribution in [0.15, 0.2) is 229 Å². The van der Waals surface area contributed by atoms with Crippen molar-refractivity contribution in [2.45, 2.75) is 5.41 Å². The Morgan fingerprint density at radius 3 is 1.59 bits per heavy atom. The zero-order valence-corrected chi connectivity index (χ0v) is 33.2. The number of hydrogen-bond acceptors (Lipinski definition) is 2. The molecule has 0 radical (unpaired) electrons. The van der Waals surface area contributed by atoms with E-state index in [1.54, 1.807) is 0 Å². The van der Waals surface area contributed by atoms with Gasteiger partial charge in [0.25, 0.3) is 0 Å². The maximum atomic E-state index is 6.22. The van der Waals surface area contributed by atoms with Crippen LogP contribution >= 0.6 is 0 Å². The third-order valence-corrected chi connectivity index (χ3v) is 13.3. The highest BCUT2D eigenvalue weighted by atomic mass is 16.3. The molecule has 0 amide bonds. The van der Waals surface area contributed by atoms with Gasteiger partial charge < -0.3 is 9.32 Å². The fraction of sp³-hybridized carbons (Fsp3) is 0.0169. The zero-order chi connectivity index (χ0) is 40.1. The molecule has 284 valence electrons. The van der Waals surface area contributed by atoms with Crippen LogP contribution in [0.4, 0.5) is 17.1 Å². The Morgan fingerprint density at radius 2 is 0.836 bits per heavy atom. The number of anilines is 3. The number of hydrogen-bond donors (Lipinski definition) is 0. The SMILES string of the molecule is c1cc(-c2ccc3oc4ccccc4c3c2)cc(N(c2ccc(-c3ccc4ccccc4c3)cc2)c2ccc3c(c2)C2(c4ccccc4-c4ccccc42)c2ccccc2-3)c1. The van der Waals surface area contributed by atoms with Gasteiger partial charge in [0.05, 0.1) is 5.41 Å². The lowest BCUT2D eigenvalue weighted by atomic mass is 9.70. The molecule has 1 heterocycles. The van der Waals surface area contributed by atoms with Gasteiger partial charge in [-0.25, -0.2) is 0 Å². The minimum Gasteiger partial charge on any atom is -0.456 e. The van der Waals surface area contributed by atoms with Crippen LogP contribution in [0.25, 0.3) is 77.2 Å². The molecule has 0 unspecified atom stereocenters. The molecule has 61 heavy (non-hydrogen) atoms. The second kappa shape index (κ2) is 13.0. The Balaban J connectivity index is 1.01. The largest absolute Gasteiger partial charge is 0.456 e. The van der Waals surface area contributed by atoms with Crippen LogP contribution in [0.3, 0.4) is 0 Å². The Morgan fingerprint density at radius 1 is 0.295 bits per heavy atom. The molecule has 2 heteroatoms. The molecule has 10 aromatic carbocycles. The van der Waals surface area contributed by atoms with Gasteiger partial charge >= 0.3 is 0 Å². The lowest BCUT2D eigenvalue weighted by molar-refractivity contribution is 0.669. The van der Waals surface area contributed by atoms with Gasteiger partial charge in [-0.1, -0.05) is 164 Å². The van der Waals surface area contributed by atoms with E-state index in [4.69, 9.17) is 4.42 Å². The van der Waals surface area contributed by atoms with E-state index < -0.39 is 5.41 Å². The summed E-state index contributed by atoms with van der Waals surface area (Å²) < 4.78 is 6.22. The van der Waals surface area contributed by atoms with Gasteiger partial charge in [-0.05, 0) is 138 Å². The number of furan rings is 1. The second-order valence-corrected chi connectivity index (χ2v) is 16.4. The predicted octanol–water partition coefficient (Wildman–Crippen LogP) is 15.9. The maximum Gasteiger partial charge on any atom is 0.135 e. The van der Waals surface area contributed by atoms with Crippen LogP contribution in [-0.2, 0) is 5.41 Å². The number of para-hydroxylation sites is 1. The van der Waals surface area contributed by atoms with Crippen molar-refractivity contribution in [2.24, 2.45) is 0 Å². The van der Waals surface area contributed by atoms with E-state index in [9.17, 15) is 0 Å². The van der Waals surface area contributed by atoms with Crippen molar-refractivity contribution in [3.8, 4) is 44.5 Å². The Kier molecular flexibility index (Phi) is 7.26. The van der Waals surface area contributed by atoms with E-state index in [2.05, 4.69) is 217 Å². The van der Waals surface area contributed by atoms with Gasteiger partial charge in [0.1, 0.15) is 11.2 Å². The van der Waals surface area contributed by atoms with Gasteiger partial charge in [-0.3, -0.25) is 0 Å². The molecule has 2 nitrogen and oxygen atoms in total. The van der Waals surface area contributed by atoms with E-state index in [-0.39, 0.29) is 0 Å². The summed E-state index contributed by atoms with van der Waals surface area (Å²) in [5, 5.41) is 4.75. The molecule has 0 N–H and O–H groups in total. The maximum absolute atomic E-state index is 6.22. The highest BCUT2D eigenvalue weighted by molar-refractivity contribution is 6.06. The van der Waals surface area contributed by atoms with E-state index in [0.29, 0.717) is 0 Å². The number of rotatable bonds is 5. The molecule has 2 aliphatic rings. The highest BCUT2D eigenvalue weighted by Crippen LogP contribution is 2.63. The van der Waals surface area contributed by atoms with E-state index in [0.717, 1.165) is 50.1 Å². The van der Waals surface area contributed by atoms with Crippen molar-refractivity contribution in [2.75, 3.05) is 4.90 Å². The first-order valence-corrected chi connectivity index (χ1v) is 21.1. The smallest absolute Gasteiger partial charge is 0.135 e. The summed E-state index contributed by atoms with van der Waals surface area (Å²) in [4.78, 5) is 2.43. The topological polar surface area (TPSA) is 16.4 Å². The van der Waals surface area contributed by atoms with Crippen LogP contribution in [0, 0.1) is 0 Å². The average Bonchev–Trinajstić information content (AvgIpc) is 3.95. The van der Waals surface area contributed by atoms with Crippen LogP contribution in [0.5, 0.6) is 0 Å². The molecule has 0 saturated heterocycles. The summed E-state index contributed by atoms with van der Waals surface area (Å²) in [6.07, 6.45) is 0. The summed E-state index contributed by atoms with van der Waals surface area (Å²) >= 11 is 0. The average molecular weight is 776 g/mol. The van der Waals surface area contributed by atoms with Gasteiger partial charge in [0.15, 0.2) is 0 Å². The molecule has 0 saturated carbocycles. The number of benzene rings is 10. The first-order chi connectivity index (χ1) is 30.2. The normalized spacial score (nSPS) is 13.0. The number of fused-ring (bicyclic) bond motifs is 14. The van der Waals surface area contributed by atoms with E-state index >= 15 is 0 Å². The second-order valence-electron chi connectivity index (χ2n) is 16.4. The molecule has 0 bridgehead atoms. The van der Waals surface area contributed by atoms with Gasteiger partial charge in [-0.15, -0.1) is 0 Å². The predicted molar refractivity (Wildman–Crippen MR) is 253 cm³/mol. The first-order valence-electron chi connectivity index (χ1n) is 21.1. The molecule has 1 spiro atoms. The molecule has 2 aliphatic carbocycles. The molecule has 0 aliphatic heterocycles. The summed E-state index contributed by atoms with van der Waals surface area (Å²) in [6.45, 7) is 0. The van der Waals surface area contributed by atoms with Crippen molar-refractivity contribution in [1.29, 1.82) is 0 Å². The van der Waals surface area contributed by atoms with Crippen LogP contribution in [0.1, 0.15) is 22.3 Å². The monoisotopic (exact) mass is 775 g/mol. The molecular formula is C59H37NO. The van der Waals surface area contributed by atoms with Crippen molar-refractivity contribution in [3.63, 3.8) is 0 Å². The van der Waals surface area contributed by atoms with Gasteiger partial charge in [0, 0.05) is 27.8 Å². The Hall–Kier alpha value is -7.94. The lowest BCUT2D eigenvalue weighted by Crippen LogP contribution is -2.26. The fourth-order valence-electron chi connectivity index (χ4n) is 10.6. The molecule has 1 aromatic heterocycles. The standard InChI is InChI=1S/C59H37NO/c1-2-13-40-34-42(25-24-38(40)12-1)39-26-29-44(30-27-39)60(45-15-11-14-41(35-45)43-28-33-58-52(36-43)51-19-6-10-23-57(51)61-58)46-31-32-50-49-18-5-9-22-55(49)59(56(50)37-46)53-20-7-3-16-47(53)48-17-4-8-21-54(48)59/h1-37H. The van der Waals surface area contributed by atoms with Crippen molar-refractivity contribution in [3.05, 3.63) is 247 Å². The van der Waals surface area contributed by atoms with Gasteiger partial charge in [-0.2, -0.15) is 0 Å². The molecule has 11 aromatic rings. The quantitative estimate of drug-likeness (QED) is 0.173. The summed E-state index contributed by atoms with van der Waals surface area (Å²) in [5.74, 6) is 0. The van der Waals surface area contributed by atoms with Crippen LogP contribution in [-0.4, -0.2) is 0 Å². The van der Waals surface area contributed by atoms with E-state index in [1.165, 1.54) is 66.4 Å². The lowest BCUT2D eigenvalue weighted by Gasteiger charge is -2.32. The molecule has 0 atom stereocenters. The highest BCUT2D eigenvalue weighted by Gasteiger charge is 2.51. The van der Waals surface area contributed by atoms with Crippen molar-refractivity contribution < 1.29 is 4.42 Å². The Bertz CT molecular complexity index is 3490. The van der Waals surface area contributed by atoms with Crippen molar-refractivity contribution >= 4 is 49.8 Å². The summed E-state index contributed by atoms with van der Waals surface area (Å²) in [5.41, 5.74) is 19.9. The van der Waals surface area contributed by atoms with Gasteiger partial charge in [0.2, 0.25) is 0 Å². The third-order valence-electron chi connectivity index (χ3n) is 13.3. The van der Waals surface area contributed by atoms with Crippen LogP contribution < -0.4 is 4.90 Å². The Labute approximate surface area is 354 Å². The summed E-state index contributed by atoms with van der Waals surface area (Å²) in [6, 6.07) is 82.5. The number of nitrogens with zero attached hydrogens (tertiary/aromatic N) is 1. The van der Waals surface area contributed by atoms with Crippen molar-refractivity contribution in [1.82, 2.24) is 0 Å². The molecule has 13 rings (SSSR count). The summed E-state index contributed by atoms with van der Waals surface area (Å²) in [7, 11) is 0. The van der Waals surface area contributed by atoms with E-state index in [1.807, 2.05) is 12.1 Å². The minimum atomic E-state index is -0.439. The molecular weight excluding hydrogens is 739 g/mol. The fourth-order valence-corrected chi connectivity index (χ4v) is 10.6. The molecule has 0 fully saturated rings.